The first kappa shape index (κ1) is 16.5. The van der Waals surface area contributed by atoms with E-state index in [0.717, 1.165) is 17.7 Å². The molecule has 5 nitrogen and oxygen atoms in total. The molecule has 1 aromatic heterocycles. The minimum absolute atomic E-state index is 0.280. The Kier molecular flexibility index (Phi) is 4.65. The smallest absolute Gasteiger partial charge is 0.256 e. The summed E-state index contributed by atoms with van der Waals surface area (Å²) in [5, 5.41) is 13.2. The van der Waals surface area contributed by atoms with Crippen LogP contribution < -0.4 is 10.6 Å². The average molecular weight is 340 g/mol. The van der Waals surface area contributed by atoms with E-state index in [1.54, 1.807) is 30.3 Å². The molecule has 0 radical (unpaired) electrons. The number of hydrogen-bond acceptors (Lipinski definition) is 4. The summed E-state index contributed by atoms with van der Waals surface area (Å²) in [6.45, 7) is 1.90. The van der Waals surface area contributed by atoms with Gasteiger partial charge in [0.15, 0.2) is 23.3 Å². The van der Waals surface area contributed by atoms with Crippen LogP contribution in [0.4, 0.5) is 26.1 Å². The maximum Gasteiger partial charge on any atom is 0.256 e. The fourth-order valence-corrected chi connectivity index (χ4v) is 2.16. The van der Waals surface area contributed by atoms with Crippen LogP contribution in [-0.4, -0.2) is 16.1 Å². The van der Waals surface area contributed by atoms with E-state index in [4.69, 9.17) is 0 Å². The molecule has 0 atom stereocenters. The van der Waals surface area contributed by atoms with E-state index in [2.05, 4.69) is 20.8 Å². The van der Waals surface area contributed by atoms with Crippen molar-refractivity contribution in [3.63, 3.8) is 0 Å². The third-order valence-corrected chi connectivity index (χ3v) is 3.38. The first-order chi connectivity index (χ1) is 12.0. The van der Waals surface area contributed by atoms with Crippen LogP contribution >= 0.6 is 0 Å². The fourth-order valence-electron chi connectivity index (χ4n) is 2.16. The third-order valence-electron chi connectivity index (χ3n) is 3.38. The lowest BCUT2D eigenvalue weighted by atomic mass is 10.1. The van der Waals surface area contributed by atoms with Crippen LogP contribution in [0.5, 0.6) is 0 Å². The average Bonchev–Trinajstić information content (AvgIpc) is 2.60. The second-order valence-electron chi connectivity index (χ2n) is 5.38. The molecule has 3 rings (SSSR count). The van der Waals surface area contributed by atoms with Gasteiger partial charge in [0.05, 0.1) is 0 Å². The molecule has 0 saturated heterocycles. The fraction of sp³-hybridized carbons (Fsp3) is 0.0556. The molecule has 7 heteroatoms. The molecular formula is C18H14F2N4O. The van der Waals surface area contributed by atoms with Crippen LogP contribution in [0.15, 0.2) is 54.6 Å². The minimum Gasteiger partial charge on any atom is -0.339 e. The van der Waals surface area contributed by atoms with E-state index >= 15 is 0 Å². The van der Waals surface area contributed by atoms with E-state index in [0.29, 0.717) is 17.1 Å². The number of nitrogens with zero attached hydrogens (tertiary/aromatic N) is 2. The van der Waals surface area contributed by atoms with Gasteiger partial charge in [0.2, 0.25) is 0 Å². The number of rotatable bonds is 4. The number of amides is 1. The predicted octanol–water partition coefficient (Wildman–Crippen LogP) is 4.06. The molecule has 0 fully saturated rings. The lowest BCUT2D eigenvalue weighted by molar-refractivity contribution is 0.102. The normalized spacial score (nSPS) is 10.4. The Bertz CT molecular complexity index is 913. The number of halogens is 2. The highest BCUT2D eigenvalue weighted by Gasteiger charge is 2.08. The molecule has 0 aliphatic rings. The number of nitrogens with one attached hydrogen (secondary N) is 2. The number of aryl methyl sites for hydroxylation is 1. The molecule has 3 aromatic rings. The van der Waals surface area contributed by atoms with Gasteiger partial charge in [-0.05, 0) is 43.3 Å². The van der Waals surface area contributed by atoms with Crippen LogP contribution in [-0.2, 0) is 0 Å². The van der Waals surface area contributed by atoms with Crippen molar-refractivity contribution in [1.29, 1.82) is 0 Å². The molecule has 2 N–H and O–H groups in total. The van der Waals surface area contributed by atoms with Gasteiger partial charge in [0.1, 0.15) is 0 Å². The first-order valence-electron chi connectivity index (χ1n) is 7.45. The summed E-state index contributed by atoms with van der Waals surface area (Å²) in [6.07, 6.45) is 0. The summed E-state index contributed by atoms with van der Waals surface area (Å²) < 4.78 is 26.1. The zero-order chi connectivity index (χ0) is 17.8. The quantitative estimate of drug-likeness (QED) is 0.752. The molecule has 0 spiro atoms. The Labute approximate surface area is 142 Å². The molecule has 25 heavy (non-hydrogen) atoms. The molecule has 126 valence electrons. The van der Waals surface area contributed by atoms with Crippen molar-refractivity contribution in [2.75, 3.05) is 10.6 Å². The molecule has 1 heterocycles. The van der Waals surface area contributed by atoms with Crippen LogP contribution in [0.3, 0.4) is 0 Å². The van der Waals surface area contributed by atoms with E-state index in [-0.39, 0.29) is 11.7 Å². The predicted molar refractivity (Wildman–Crippen MR) is 90.8 cm³/mol. The van der Waals surface area contributed by atoms with Gasteiger partial charge >= 0.3 is 0 Å². The summed E-state index contributed by atoms with van der Waals surface area (Å²) in [6, 6.07) is 13.7. The maximum absolute atomic E-state index is 13.2. The van der Waals surface area contributed by atoms with Crippen molar-refractivity contribution in [2.45, 2.75) is 6.92 Å². The van der Waals surface area contributed by atoms with E-state index in [1.165, 1.54) is 6.07 Å². The maximum atomic E-state index is 13.2. The van der Waals surface area contributed by atoms with Crippen LogP contribution in [0.2, 0.25) is 0 Å². The Hall–Kier alpha value is -3.35. The minimum atomic E-state index is -0.958. The molecule has 0 saturated carbocycles. The van der Waals surface area contributed by atoms with Crippen LogP contribution in [0.25, 0.3) is 0 Å². The summed E-state index contributed by atoms with van der Waals surface area (Å²) in [5.74, 6) is -1.56. The lowest BCUT2D eigenvalue weighted by Crippen LogP contribution is -2.13. The van der Waals surface area contributed by atoms with Gasteiger partial charge in [-0.15, -0.1) is 10.2 Å². The molecule has 2 aromatic carbocycles. The summed E-state index contributed by atoms with van der Waals surface area (Å²) in [7, 11) is 0. The second-order valence-corrected chi connectivity index (χ2v) is 5.38. The summed E-state index contributed by atoms with van der Waals surface area (Å²) in [5.41, 5.74) is 1.83. The molecule has 1 amide bonds. The third kappa shape index (κ3) is 4.14. The van der Waals surface area contributed by atoms with Crippen molar-refractivity contribution in [3.8, 4) is 0 Å². The Balaban J connectivity index is 1.67. The van der Waals surface area contributed by atoms with Gasteiger partial charge in [-0.2, -0.15) is 0 Å². The van der Waals surface area contributed by atoms with E-state index in [9.17, 15) is 13.6 Å². The molecule has 0 aliphatic carbocycles. The van der Waals surface area contributed by atoms with Gasteiger partial charge in [0, 0.05) is 17.3 Å². The molecular weight excluding hydrogens is 326 g/mol. The zero-order valence-electron chi connectivity index (χ0n) is 13.3. The molecule has 0 aliphatic heterocycles. The highest BCUT2D eigenvalue weighted by molar-refractivity contribution is 6.03. The second kappa shape index (κ2) is 7.04. The van der Waals surface area contributed by atoms with Gasteiger partial charge in [0.25, 0.3) is 5.91 Å². The molecule has 0 unspecified atom stereocenters. The SMILES string of the molecule is Cc1cccc(C(=O)Nc2ccc(Nc3ccc(F)c(F)c3)nn2)c1. The van der Waals surface area contributed by atoms with Gasteiger partial charge in [-0.3, -0.25) is 4.79 Å². The van der Waals surface area contributed by atoms with Crippen molar-refractivity contribution in [3.05, 3.63) is 77.4 Å². The zero-order valence-corrected chi connectivity index (χ0v) is 13.3. The van der Waals surface area contributed by atoms with Gasteiger partial charge in [-0.1, -0.05) is 17.7 Å². The van der Waals surface area contributed by atoms with Crippen molar-refractivity contribution < 1.29 is 13.6 Å². The number of hydrogen-bond donors (Lipinski definition) is 2. The highest BCUT2D eigenvalue weighted by Crippen LogP contribution is 2.18. The monoisotopic (exact) mass is 340 g/mol. The van der Waals surface area contributed by atoms with Crippen LogP contribution in [0, 0.1) is 18.6 Å². The van der Waals surface area contributed by atoms with Crippen molar-refractivity contribution in [2.24, 2.45) is 0 Å². The Morgan fingerprint density at radius 3 is 2.36 bits per heavy atom. The van der Waals surface area contributed by atoms with Crippen molar-refractivity contribution >= 4 is 23.2 Å². The van der Waals surface area contributed by atoms with Gasteiger partial charge in [-0.25, -0.2) is 8.78 Å². The highest BCUT2D eigenvalue weighted by atomic mass is 19.2. The Morgan fingerprint density at radius 2 is 1.68 bits per heavy atom. The number of anilines is 3. The first-order valence-corrected chi connectivity index (χ1v) is 7.45. The summed E-state index contributed by atoms with van der Waals surface area (Å²) in [4.78, 5) is 12.1. The van der Waals surface area contributed by atoms with Crippen LogP contribution in [0.1, 0.15) is 15.9 Å². The number of aromatic nitrogens is 2. The lowest BCUT2D eigenvalue weighted by Gasteiger charge is -2.07. The number of carbonyl (C=O) groups is 1. The Morgan fingerprint density at radius 1 is 0.920 bits per heavy atom. The molecule has 0 bridgehead atoms. The van der Waals surface area contributed by atoms with Gasteiger partial charge < -0.3 is 10.6 Å². The summed E-state index contributed by atoms with van der Waals surface area (Å²) >= 11 is 0. The van der Waals surface area contributed by atoms with E-state index in [1.807, 2.05) is 13.0 Å². The van der Waals surface area contributed by atoms with E-state index < -0.39 is 11.6 Å². The number of benzene rings is 2. The number of carbonyl (C=O) groups excluding carboxylic acids is 1. The topological polar surface area (TPSA) is 66.9 Å². The largest absolute Gasteiger partial charge is 0.339 e. The standard InChI is InChI=1S/C18H14F2N4O/c1-11-3-2-4-12(9-11)18(25)22-17-8-7-16(23-24-17)21-13-5-6-14(19)15(20)10-13/h2-10H,1H3,(H,21,23)(H,22,24,25). The van der Waals surface area contributed by atoms with Crippen molar-refractivity contribution in [1.82, 2.24) is 10.2 Å².